The number of hydrogen-bond donors (Lipinski definition) is 0. The Hall–Kier alpha value is 0.657. The van der Waals surface area contributed by atoms with E-state index < -0.39 is 0 Å². The molecule has 20 radical (unpaired) electrons. The zero-order chi connectivity index (χ0) is 16.7. The molecule has 0 spiro atoms. The maximum absolute atomic E-state index is 4.18. The van der Waals surface area contributed by atoms with Crippen molar-refractivity contribution in [3.8, 4) is 0 Å². The topological polar surface area (TPSA) is 12.4 Å². The van der Waals surface area contributed by atoms with Crippen molar-refractivity contribution in [3.05, 3.63) is 140 Å². The Labute approximate surface area is 189 Å². The Bertz CT molecular complexity index is 285. The molecule has 0 amide bonds. The second-order valence-corrected chi connectivity index (χ2v) is 4.95. The minimum absolute atomic E-state index is 0. The summed E-state index contributed by atoms with van der Waals surface area (Å²) in [5.41, 5.74) is 0. The molecule has 0 bridgehead atoms. The first-order chi connectivity index (χ1) is 11.9. The van der Waals surface area contributed by atoms with Crippen molar-refractivity contribution < 1.29 is 39.0 Å². The van der Waals surface area contributed by atoms with Gasteiger partial charge in [-0.1, -0.05) is 6.08 Å². The third-order valence-electron chi connectivity index (χ3n) is 3.06. The summed E-state index contributed by atoms with van der Waals surface area (Å²) in [6.07, 6.45) is 41.8. The van der Waals surface area contributed by atoms with Gasteiger partial charge in [-0.2, -0.15) is 0 Å². The van der Waals surface area contributed by atoms with Gasteiger partial charge in [-0.25, -0.2) is 0 Å². The van der Waals surface area contributed by atoms with E-state index in [2.05, 4.69) is 17.8 Å². The minimum atomic E-state index is 0. The second-order valence-electron chi connectivity index (χ2n) is 4.95. The Morgan fingerprint density at radius 2 is 0.808 bits per heavy atom. The molecule has 0 atom stereocenters. The van der Waals surface area contributed by atoms with Crippen LogP contribution in [0.4, 0.5) is 0 Å². The normalized spacial score (nSPS) is 23.2. The maximum atomic E-state index is 4.18. The summed E-state index contributed by atoms with van der Waals surface area (Å²) in [5.74, 6) is 2.32. The molecule has 4 saturated carbocycles. The molecular weight excluding hydrogens is 492 g/mol. The zero-order valence-corrected chi connectivity index (χ0v) is 17.8. The smallest absolute Gasteiger partial charge is 0.269 e. The fraction of sp³-hybridized carbons (Fsp3) is 0. The van der Waals surface area contributed by atoms with Gasteiger partial charge in [-0.05, 0) is 116 Å². The quantitative estimate of drug-likeness (QED) is 0.392. The molecule has 0 aliphatic heterocycles. The van der Waals surface area contributed by atoms with E-state index >= 15 is 0 Å². The monoisotopic (exact) mass is 515 g/mol. The van der Waals surface area contributed by atoms with Crippen molar-refractivity contribution >= 4 is 6.21 Å². The van der Waals surface area contributed by atoms with Crippen LogP contribution in [0, 0.1) is 127 Å². The van der Waals surface area contributed by atoms with Crippen molar-refractivity contribution in [3.63, 3.8) is 0 Å². The Morgan fingerprint density at radius 3 is 1.19 bits per heavy atom. The van der Waals surface area contributed by atoms with E-state index in [1.54, 1.807) is 0 Å². The molecule has 0 heterocycles. The van der Waals surface area contributed by atoms with Crippen LogP contribution >= 0.6 is 0 Å². The third-order valence-corrected chi connectivity index (χ3v) is 3.06. The van der Waals surface area contributed by atoms with Gasteiger partial charge >= 0.3 is 39.0 Å². The van der Waals surface area contributed by atoms with Gasteiger partial charge in [-0.15, -0.1) is 0 Å². The van der Waals surface area contributed by atoms with Gasteiger partial charge in [0, 0.05) is 24.3 Å². The number of rotatable bonds is 3. The average Bonchev–Trinajstić information content (AvgIpc) is 3.44. The first kappa shape index (κ1) is 26.7. The Morgan fingerprint density at radius 1 is 0.462 bits per heavy atom. The number of aliphatic imine (C=N–C) groups is 1. The molecule has 0 aromatic carbocycles. The van der Waals surface area contributed by atoms with Gasteiger partial charge < -0.3 is 0 Å². The van der Waals surface area contributed by atoms with Crippen LogP contribution < -0.4 is 0 Å². The molecule has 130 valence electrons. The van der Waals surface area contributed by atoms with Crippen LogP contribution in [0.3, 0.4) is 0 Å². The molecule has 1 nitrogen and oxygen atoms in total. The molecule has 26 heavy (non-hydrogen) atoms. The summed E-state index contributed by atoms with van der Waals surface area (Å²) in [6, 6.07) is 0. The van der Waals surface area contributed by atoms with Crippen molar-refractivity contribution in [1.82, 2.24) is 0 Å². The van der Waals surface area contributed by atoms with Crippen LogP contribution in [0.1, 0.15) is 0 Å². The van der Waals surface area contributed by atoms with Gasteiger partial charge in [0.15, 0.2) is 0 Å². The molecule has 4 aliphatic carbocycles. The van der Waals surface area contributed by atoms with Gasteiger partial charge in [0.05, 0.1) is 0 Å². The van der Waals surface area contributed by atoms with Crippen molar-refractivity contribution in [1.29, 1.82) is 0 Å². The van der Waals surface area contributed by atoms with Gasteiger partial charge in [-0.3, -0.25) is 4.99 Å². The SMILES string of the molecule is [CH]1[CH][CH][CH][CH]1.[CH]1[CH][CH][CH][CH]1.[CH]1[CH][CH][C](C=N/C=C/[C]2[CH][CH][CH][CH]2)[CH]1.[Ru+2].[Ru+2]. The largest absolute Gasteiger partial charge is 2.00 e. The van der Waals surface area contributed by atoms with Crippen LogP contribution in [-0.2, 0) is 39.0 Å². The molecule has 0 saturated heterocycles. The van der Waals surface area contributed by atoms with Crippen molar-refractivity contribution in [2.45, 2.75) is 0 Å². The van der Waals surface area contributed by atoms with Gasteiger partial charge in [0.25, 0.3) is 0 Å². The molecule has 4 aliphatic rings. The fourth-order valence-electron chi connectivity index (χ4n) is 1.87. The van der Waals surface area contributed by atoms with E-state index in [4.69, 9.17) is 0 Å². The van der Waals surface area contributed by atoms with Gasteiger partial charge in [0.1, 0.15) is 0 Å². The van der Waals surface area contributed by atoms with Crippen LogP contribution in [0.15, 0.2) is 17.3 Å². The molecule has 0 aromatic heterocycles. The number of hydrogen-bond acceptors (Lipinski definition) is 1. The standard InChI is InChI=1S/C13H11N.2C5H5.2Ru/c1-2-6-12(5-1)9-10-14-11-13-7-3-4-8-13;2*1-2-4-5-3-1;;/h1-11H;2*1-5H;;/q;;;2*+2/b10-9+,14-11?;;;;. The second kappa shape index (κ2) is 19.0. The van der Waals surface area contributed by atoms with E-state index in [-0.39, 0.29) is 39.0 Å². The van der Waals surface area contributed by atoms with Crippen molar-refractivity contribution in [2.75, 3.05) is 0 Å². The van der Waals surface area contributed by atoms with Crippen LogP contribution in [0.2, 0.25) is 0 Å². The van der Waals surface area contributed by atoms with Crippen molar-refractivity contribution in [2.24, 2.45) is 4.99 Å². The maximum Gasteiger partial charge on any atom is 2.00 e. The third kappa shape index (κ3) is 13.8. The summed E-state index contributed by atoms with van der Waals surface area (Å²) in [4.78, 5) is 4.18. The Kier molecular flexibility index (Phi) is 19.5. The van der Waals surface area contributed by atoms with Crippen LogP contribution in [-0.4, -0.2) is 6.21 Å². The number of nitrogens with zero attached hydrogens (tertiary/aromatic N) is 1. The summed E-state index contributed by atoms with van der Waals surface area (Å²) < 4.78 is 0. The molecule has 0 unspecified atom stereocenters. The summed E-state index contributed by atoms with van der Waals surface area (Å²) in [5, 5.41) is 0. The van der Waals surface area contributed by atoms with E-state index in [1.165, 1.54) is 5.92 Å². The molecule has 4 fully saturated rings. The van der Waals surface area contributed by atoms with Gasteiger partial charge in [0.2, 0.25) is 0 Å². The first-order valence-corrected chi connectivity index (χ1v) is 7.92. The Balaban J connectivity index is 0.000000432. The average molecular weight is 514 g/mol. The van der Waals surface area contributed by atoms with Crippen LogP contribution in [0.5, 0.6) is 0 Å². The van der Waals surface area contributed by atoms with E-state index in [9.17, 15) is 0 Å². The zero-order valence-electron chi connectivity index (χ0n) is 14.3. The van der Waals surface area contributed by atoms with Crippen LogP contribution in [0.25, 0.3) is 0 Å². The summed E-state index contributed by atoms with van der Waals surface area (Å²) in [7, 11) is 0. The molecular formula is C23H21NRu2+4. The molecule has 0 aromatic rings. The predicted molar refractivity (Wildman–Crippen MR) is 102 cm³/mol. The first-order valence-electron chi connectivity index (χ1n) is 7.92. The summed E-state index contributed by atoms with van der Waals surface area (Å²) in [6.45, 7) is 0. The predicted octanol–water partition coefficient (Wildman–Crippen LogP) is 4.42. The summed E-state index contributed by atoms with van der Waals surface area (Å²) >= 11 is 0. The van der Waals surface area contributed by atoms with E-state index in [1.807, 2.05) is 121 Å². The van der Waals surface area contributed by atoms with E-state index in [0.717, 1.165) is 5.92 Å². The molecule has 3 heteroatoms. The fourth-order valence-corrected chi connectivity index (χ4v) is 1.87. The molecule has 0 N–H and O–H groups in total. The minimum Gasteiger partial charge on any atom is -0.269 e. The van der Waals surface area contributed by atoms with E-state index in [0.29, 0.717) is 0 Å². The molecule has 4 rings (SSSR count). The number of allylic oxidation sites excluding steroid dienone is 1.